The van der Waals surface area contributed by atoms with Crippen LogP contribution in [0.4, 0.5) is 5.69 Å². The number of rotatable bonds is 5. The van der Waals surface area contributed by atoms with E-state index in [1.165, 1.54) is 38.8 Å². The van der Waals surface area contributed by atoms with E-state index in [-0.39, 0.29) is 0 Å². The molecule has 2 rings (SSSR count). The summed E-state index contributed by atoms with van der Waals surface area (Å²) in [7, 11) is -3.20. The van der Waals surface area contributed by atoms with E-state index < -0.39 is 10.0 Å². The first-order valence-corrected chi connectivity index (χ1v) is 9.39. The van der Waals surface area contributed by atoms with Gasteiger partial charge in [0.2, 0.25) is 10.0 Å². The van der Waals surface area contributed by atoms with Gasteiger partial charge in [-0.25, -0.2) is 8.42 Å². The van der Waals surface area contributed by atoms with E-state index in [2.05, 4.69) is 21.8 Å². The molecule has 0 aliphatic carbocycles. The van der Waals surface area contributed by atoms with Crippen LogP contribution in [0.3, 0.4) is 0 Å². The maximum Gasteiger partial charge on any atom is 0.229 e. The molecule has 1 aliphatic heterocycles. The molecule has 0 aromatic heterocycles. The molecule has 1 aliphatic rings. The lowest BCUT2D eigenvalue weighted by Crippen LogP contribution is -2.24. The van der Waals surface area contributed by atoms with Gasteiger partial charge in [0, 0.05) is 12.2 Å². The summed E-state index contributed by atoms with van der Waals surface area (Å²) in [6.45, 7) is 3.38. The largest absolute Gasteiger partial charge is 0.300 e. The van der Waals surface area contributed by atoms with Gasteiger partial charge in [0.1, 0.15) is 0 Å². The summed E-state index contributed by atoms with van der Waals surface area (Å²) < 4.78 is 24.7. The minimum absolute atomic E-state index is 0.599. The normalized spacial score (nSPS) is 17.8. The minimum atomic E-state index is -3.20. The molecule has 1 saturated heterocycles. The molecule has 4 nitrogen and oxygen atoms in total. The summed E-state index contributed by atoms with van der Waals surface area (Å²) >= 11 is 0. The molecule has 0 radical (unpaired) electrons. The summed E-state index contributed by atoms with van der Waals surface area (Å²) in [5, 5.41) is 0. The first-order chi connectivity index (χ1) is 10.0. The van der Waals surface area contributed by atoms with Crippen molar-refractivity contribution in [1.82, 2.24) is 4.90 Å². The standard InChI is InChI=1S/C16H24N2O2S/c1-21(19,20)17-16-10-8-15(9-11-16)7-6-14-18-12-4-2-3-5-13-18/h6-11,17H,2-5,12-14H2,1H3/b7-6+. The number of nitrogens with one attached hydrogen (secondary N) is 1. The predicted molar refractivity (Wildman–Crippen MR) is 88.9 cm³/mol. The van der Waals surface area contributed by atoms with Gasteiger partial charge in [0.05, 0.1) is 6.26 Å². The Morgan fingerprint density at radius 2 is 1.71 bits per heavy atom. The van der Waals surface area contributed by atoms with E-state index >= 15 is 0 Å². The van der Waals surface area contributed by atoms with E-state index in [0.717, 1.165) is 18.4 Å². The van der Waals surface area contributed by atoms with Crippen molar-refractivity contribution in [1.29, 1.82) is 0 Å². The minimum Gasteiger partial charge on any atom is -0.300 e. The maximum absolute atomic E-state index is 11.1. The van der Waals surface area contributed by atoms with Gasteiger partial charge >= 0.3 is 0 Å². The van der Waals surface area contributed by atoms with Gasteiger partial charge < -0.3 is 0 Å². The highest BCUT2D eigenvalue weighted by Gasteiger charge is 2.06. The molecule has 1 heterocycles. The van der Waals surface area contributed by atoms with Crippen molar-refractivity contribution in [2.45, 2.75) is 25.7 Å². The van der Waals surface area contributed by atoms with Crippen LogP contribution in [0.2, 0.25) is 0 Å². The monoisotopic (exact) mass is 308 g/mol. The van der Waals surface area contributed by atoms with Crippen molar-refractivity contribution in [2.75, 3.05) is 30.6 Å². The third-order valence-electron chi connectivity index (χ3n) is 3.59. The highest BCUT2D eigenvalue weighted by Crippen LogP contribution is 2.13. The van der Waals surface area contributed by atoms with Crippen molar-refractivity contribution in [3.05, 3.63) is 35.9 Å². The number of anilines is 1. The SMILES string of the molecule is CS(=O)(=O)Nc1ccc(/C=C/CN2CCCCCC2)cc1. The molecule has 0 spiro atoms. The molecular weight excluding hydrogens is 284 g/mol. The molecule has 1 aromatic rings. The van der Waals surface area contributed by atoms with Crippen LogP contribution >= 0.6 is 0 Å². The second-order valence-corrected chi connectivity index (χ2v) is 7.36. The fourth-order valence-corrected chi connectivity index (χ4v) is 3.10. The van der Waals surface area contributed by atoms with Crippen molar-refractivity contribution in [3.8, 4) is 0 Å². The zero-order valence-electron chi connectivity index (χ0n) is 12.6. The molecule has 0 saturated carbocycles. The molecule has 0 atom stereocenters. The van der Waals surface area contributed by atoms with Gasteiger partial charge in [-0.1, -0.05) is 37.1 Å². The average Bonchev–Trinajstić information content (AvgIpc) is 2.68. The molecule has 5 heteroatoms. The first-order valence-electron chi connectivity index (χ1n) is 7.50. The van der Waals surface area contributed by atoms with Crippen LogP contribution in [0.5, 0.6) is 0 Å². The zero-order chi connectivity index (χ0) is 15.1. The lowest BCUT2D eigenvalue weighted by Gasteiger charge is -2.17. The topological polar surface area (TPSA) is 49.4 Å². The Kier molecular flexibility index (Phi) is 5.82. The van der Waals surface area contributed by atoms with Gasteiger partial charge in [-0.3, -0.25) is 9.62 Å². The first kappa shape index (κ1) is 16.0. The van der Waals surface area contributed by atoms with Crippen molar-refractivity contribution in [3.63, 3.8) is 0 Å². The van der Waals surface area contributed by atoms with Crippen LogP contribution in [-0.2, 0) is 10.0 Å². The van der Waals surface area contributed by atoms with Gasteiger partial charge in [0.25, 0.3) is 0 Å². The molecule has 0 unspecified atom stereocenters. The molecule has 1 fully saturated rings. The van der Waals surface area contributed by atoms with Gasteiger partial charge in [-0.05, 0) is 43.6 Å². The number of nitrogens with zero attached hydrogens (tertiary/aromatic N) is 1. The van der Waals surface area contributed by atoms with Crippen LogP contribution < -0.4 is 4.72 Å². The smallest absolute Gasteiger partial charge is 0.229 e. The average molecular weight is 308 g/mol. The number of benzene rings is 1. The Bertz CT molecular complexity index is 556. The number of hydrogen-bond acceptors (Lipinski definition) is 3. The molecule has 0 amide bonds. The lowest BCUT2D eigenvalue weighted by molar-refractivity contribution is 0.316. The second kappa shape index (κ2) is 7.61. The highest BCUT2D eigenvalue weighted by atomic mass is 32.2. The molecule has 1 N–H and O–H groups in total. The Balaban J connectivity index is 1.86. The van der Waals surface area contributed by atoms with Crippen molar-refractivity contribution >= 4 is 21.8 Å². The van der Waals surface area contributed by atoms with Crippen LogP contribution in [0, 0.1) is 0 Å². The Hall–Kier alpha value is -1.33. The van der Waals surface area contributed by atoms with Gasteiger partial charge in [-0.15, -0.1) is 0 Å². The van der Waals surface area contributed by atoms with Gasteiger partial charge in [-0.2, -0.15) is 0 Å². The summed E-state index contributed by atoms with van der Waals surface area (Å²) in [6, 6.07) is 7.41. The summed E-state index contributed by atoms with van der Waals surface area (Å²) in [4.78, 5) is 2.49. The quantitative estimate of drug-likeness (QED) is 0.910. The van der Waals surface area contributed by atoms with E-state index in [4.69, 9.17) is 0 Å². The van der Waals surface area contributed by atoms with E-state index in [1.54, 1.807) is 12.1 Å². The highest BCUT2D eigenvalue weighted by molar-refractivity contribution is 7.92. The summed E-state index contributed by atoms with van der Waals surface area (Å²) in [5.41, 5.74) is 1.69. The van der Waals surface area contributed by atoms with Crippen LogP contribution in [0.15, 0.2) is 30.3 Å². The zero-order valence-corrected chi connectivity index (χ0v) is 13.4. The molecular formula is C16H24N2O2S. The third-order valence-corrected chi connectivity index (χ3v) is 4.19. The number of hydrogen-bond donors (Lipinski definition) is 1. The third kappa shape index (κ3) is 6.31. The van der Waals surface area contributed by atoms with Crippen molar-refractivity contribution < 1.29 is 8.42 Å². The van der Waals surface area contributed by atoms with Crippen LogP contribution in [0.1, 0.15) is 31.2 Å². The summed E-state index contributed by atoms with van der Waals surface area (Å²) in [6.07, 6.45) is 10.8. The second-order valence-electron chi connectivity index (χ2n) is 5.61. The van der Waals surface area contributed by atoms with Crippen LogP contribution in [0.25, 0.3) is 6.08 Å². The van der Waals surface area contributed by atoms with Crippen molar-refractivity contribution in [2.24, 2.45) is 0 Å². The Morgan fingerprint density at radius 3 is 2.29 bits per heavy atom. The van der Waals surface area contributed by atoms with E-state index in [0.29, 0.717) is 5.69 Å². The Morgan fingerprint density at radius 1 is 1.10 bits per heavy atom. The lowest BCUT2D eigenvalue weighted by atomic mass is 10.2. The predicted octanol–water partition coefficient (Wildman–Crippen LogP) is 2.95. The fraction of sp³-hybridized carbons (Fsp3) is 0.500. The van der Waals surface area contributed by atoms with E-state index in [9.17, 15) is 8.42 Å². The molecule has 116 valence electrons. The maximum atomic E-state index is 11.1. The fourth-order valence-electron chi connectivity index (χ4n) is 2.53. The van der Waals surface area contributed by atoms with Gasteiger partial charge in [0.15, 0.2) is 0 Å². The molecule has 21 heavy (non-hydrogen) atoms. The summed E-state index contributed by atoms with van der Waals surface area (Å²) in [5.74, 6) is 0. The Labute approximate surface area is 127 Å². The molecule has 1 aromatic carbocycles. The number of sulfonamides is 1. The number of likely N-dealkylation sites (tertiary alicyclic amines) is 1. The van der Waals surface area contributed by atoms with Crippen LogP contribution in [-0.4, -0.2) is 39.2 Å². The van der Waals surface area contributed by atoms with E-state index in [1.807, 2.05) is 12.1 Å². The molecule has 0 bridgehead atoms.